The molecule has 2 aromatic rings. The number of carbonyl (C=O) groups is 2. The maximum atomic E-state index is 12.5. The topological polar surface area (TPSA) is 80.2 Å². The van der Waals surface area contributed by atoms with E-state index in [0.717, 1.165) is 16.8 Å². The highest BCUT2D eigenvalue weighted by atomic mass is 16.5. The van der Waals surface area contributed by atoms with Crippen LogP contribution in [0.4, 0.5) is 5.69 Å². The second kappa shape index (κ2) is 8.77. The highest BCUT2D eigenvalue weighted by molar-refractivity contribution is 6.00. The summed E-state index contributed by atoms with van der Waals surface area (Å²) in [5, 5.41) is 4.03. The highest BCUT2D eigenvalue weighted by Gasteiger charge is 2.35. The van der Waals surface area contributed by atoms with Crippen LogP contribution >= 0.6 is 0 Å². The molecule has 0 bridgehead atoms. The van der Waals surface area contributed by atoms with Gasteiger partial charge >= 0.3 is 0 Å². The van der Waals surface area contributed by atoms with Gasteiger partial charge in [0.1, 0.15) is 11.5 Å². The number of nitrogens with zero attached hydrogens (tertiary/aromatic N) is 2. The Balaban J connectivity index is 1.65. The average molecular weight is 395 g/mol. The van der Waals surface area contributed by atoms with Crippen molar-refractivity contribution < 1.29 is 19.1 Å². The van der Waals surface area contributed by atoms with E-state index in [2.05, 4.69) is 10.5 Å². The molecule has 0 aromatic heterocycles. The average Bonchev–Trinajstić information content (AvgIpc) is 3.11. The van der Waals surface area contributed by atoms with E-state index in [4.69, 9.17) is 9.47 Å². The number of anilines is 1. The predicted octanol–water partition coefficient (Wildman–Crippen LogP) is 2.82. The Labute approximate surface area is 170 Å². The number of carbonyl (C=O) groups excluding carboxylic acids is 2. The van der Waals surface area contributed by atoms with Crippen molar-refractivity contribution in [1.82, 2.24) is 5.43 Å². The van der Waals surface area contributed by atoms with Crippen LogP contribution in [0.5, 0.6) is 11.5 Å². The number of hydrazone groups is 1. The van der Waals surface area contributed by atoms with Crippen molar-refractivity contribution in [3.63, 3.8) is 0 Å². The Bertz CT molecular complexity index is 955. The quantitative estimate of drug-likeness (QED) is 0.602. The molecule has 1 N–H and O–H groups in total. The number of amides is 2. The van der Waals surface area contributed by atoms with Crippen molar-refractivity contribution in [3.8, 4) is 11.5 Å². The Hall–Kier alpha value is -3.35. The lowest BCUT2D eigenvalue weighted by Gasteiger charge is -2.17. The van der Waals surface area contributed by atoms with Crippen LogP contribution in [0.2, 0.25) is 0 Å². The number of hydrogen-bond donors (Lipinski definition) is 1. The molecule has 152 valence electrons. The van der Waals surface area contributed by atoms with Gasteiger partial charge in [0.2, 0.25) is 11.8 Å². The zero-order valence-corrected chi connectivity index (χ0v) is 17.1. The van der Waals surface area contributed by atoms with E-state index in [-0.39, 0.29) is 18.2 Å². The molecule has 1 aliphatic rings. The van der Waals surface area contributed by atoms with E-state index in [0.29, 0.717) is 23.6 Å². The van der Waals surface area contributed by atoms with Crippen LogP contribution in [-0.4, -0.2) is 38.8 Å². The van der Waals surface area contributed by atoms with Crippen molar-refractivity contribution in [2.75, 3.05) is 25.7 Å². The van der Waals surface area contributed by atoms with Gasteiger partial charge in [0.15, 0.2) is 0 Å². The first-order valence-electron chi connectivity index (χ1n) is 9.35. The van der Waals surface area contributed by atoms with Gasteiger partial charge in [-0.1, -0.05) is 6.07 Å². The van der Waals surface area contributed by atoms with Crippen molar-refractivity contribution in [2.24, 2.45) is 11.0 Å². The Morgan fingerprint density at radius 1 is 1.14 bits per heavy atom. The summed E-state index contributed by atoms with van der Waals surface area (Å²) in [5.41, 5.74) is 6.30. The standard InChI is InChI=1S/C22H25N3O4/c1-14-5-6-18(9-15(14)2)25-13-17(11-21(25)26)22(27)24-23-12-16-10-19(28-3)7-8-20(16)29-4/h5-10,12,17H,11,13H2,1-4H3,(H,24,27)/b23-12-/t17-/m1/s1. The van der Waals surface area contributed by atoms with Gasteiger partial charge in [-0.05, 0) is 55.3 Å². The second-order valence-corrected chi connectivity index (χ2v) is 7.02. The lowest BCUT2D eigenvalue weighted by atomic mass is 10.1. The Morgan fingerprint density at radius 3 is 2.62 bits per heavy atom. The van der Waals surface area contributed by atoms with Gasteiger partial charge in [-0.3, -0.25) is 9.59 Å². The lowest BCUT2D eigenvalue weighted by Crippen LogP contribution is -2.30. The van der Waals surface area contributed by atoms with Crippen molar-refractivity contribution in [3.05, 3.63) is 53.1 Å². The number of methoxy groups -OCH3 is 2. The van der Waals surface area contributed by atoms with Crippen LogP contribution in [0.25, 0.3) is 0 Å². The highest BCUT2D eigenvalue weighted by Crippen LogP contribution is 2.27. The molecule has 0 unspecified atom stereocenters. The first-order valence-corrected chi connectivity index (χ1v) is 9.35. The summed E-state index contributed by atoms with van der Waals surface area (Å²) in [7, 11) is 3.13. The third-order valence-electron chi connectivity index (χ3n) is 5.11. The molecule has 7 heteroatoms. The van der Waals surface area contributed by atoms with E-state index < -0.39 is 5.92 Å². The fraction of sp³-hybridized carbons (Fsp3) is 0.318. The Morgan fingerprint density at radius 2 is 1.93 bits per heavy atom. The minimum Gasteiger partial charge on any atom is -0.497 e. The maximum absolute atomic E-state index is 12.5. The van der Waals surface area contributed by atoms with Crippen LogP contribution in [-0.2, 0) is 9.59 Å². The molecule has 1 atom stereocenters. The van der Waals surface area contributed by atoms with Gasteiger partial charge in [0, 0.05) is 24.2 Å². The SMILES string of the molecule is COc1ccc(OC)c(/C=N\NC(=O)[C@@H]2CC(=O)N(c3ccc(C)c(C)c3)C2)c1. The van der Waals surface area contributed by atoms with Crippen LogP contribution in [0.15, 0.2) is 41.5 Å². The van der Waals surface area contributed by atoms with Crippen LogP contribution in [0.1, 0.15) is 23.1 Å². The molecule has 0 aliphatic carbocycles. The zero-order valence-electron chi connectivity index (χ0n) is 17.1. The first-order chi connectivity index (χ1) is 13.9. The number of hydrogen-bond acceptors (Lipinski definition) is 5. The number of nitrogens with one attached hydrogen (secondary N) is 1. The molecule has 1 fully saturated rings. The summed E-state index contributed by atoms with van der Waals surface area (Å²) in [6, 6.07) is 11.2. The summed E-state index contributed by atoms with van der Waals surface area (Å²) >= 11 is 0. The van der Waals surface area contributed by atoms with E-state index >= 15 is 0 Å². The van der Waals surface area contributed by atoms with E-state index in [1.54, 1.807) is 37.3 Å². The number of aryl methyl sites for hydroxylation is 2. The van der Waals surface area contributed by atoms with Gasteiger partial charge < -0.3 is 14.4 Å². The molecule has 0 radical (unpaired) electrons. The minimum absolute atomic E-state index is 0.0631. The van der Waals surface area contributed by atoms with Crippen LogP contribution in [0.3, 0.4) is 0 Å². The van der Waals surface area contributed by atoms with Crippen LogP contribution in [0, 0.1) is 19.8 Å². The van der Waals surface area contributed by atoms with E-state index in [1.807, 2.05) is 32.0 Å². The zero-order chi connectivity index (χ0) is 21.0. The monoisotopic (exact) mass is 395 g/mol. The summed E-state index contributed by atoms with van der Waals surface area (Å²) < 4.78 is 10.5. The fourth-order valence-electron chi connectivity index (χ4n) is 3.22. The first kappa shape index (κ1) is 20.4. The smallest absolute Gasteiger partial charge is 0.245 e. The molecule has 0 saturated carbocycles. The molecule has 7 nitrogen and oxygen atoms in total. The molecule has 29 heavy (non-hydrogen) atoms. The molecule has 1 saturated heterocycles. The molecular formula is C22H25N3O4. The number of benzene rings is 2. The molecular weight excluding hydrogens is 370 g/mol. The van der Waals surface area contributed by atoms with Gasteiger partial charge in [0.05, 0.1) is 26.4 Å². The third-order valence-corrected chi connectivity index (χ3v) is 5.11. The van der Waals surface area contributed by atoms with E-state index in [1.165, 1.54) is 6.21 Å². The van der Waals surface area contributed by atoms with Gasteiger partial charge in [0.25, 0.3) is 0 Å². The molecule has 0 spiro atoms. The molecule has 2 aromatic carbocycles. The normalized spacial score (nSPS) is 16.3. The second-order valence-electron chi connectivity index (χ2n) is 7.02. The number of ether oxygens (including phenoxy) is 2. The number of rotatable bonds is 6. The Kier molecular flexibility index (Phi) is 6.16. The molecule has 2 amide bonds. The third kappa shape index (κ3) is 4.56. The van der Waals surface area contributed by atoms with Crippen molar-refractivity contribution in [2.45, 2.75) is 20.3 Å². The van der Waals surface area contributed by atoms with Crippen molar-refractivity contribution in [1.29, 1.82) is 0 Å². The molecule has 1 heterocycles. The van der Waals surface area contributed by atoms with Crippen LogP contribution < -0.4 is 19.8 Å². The van der Waals surface area contributed by atoms with Crippen molar-refractivity contribution >= 4 is 23.7 Å². The molecule has 3 rings (SSSR count). The van der Waals surface area contributed by atoms with Gasteiger partial charge in [-0.15, -0.1) is 0 Å². The molecule has 1 aliphatic heterocycles. The fourth-order valence-corrected chi connectivity index (χ4v) is 3.22. The minimum atomic E-state index is -0.450. The lowest BCUT2D eigenvalue weighted by molar-refractivity contribution is -0.126. The van der Waals surface area contributed by atoms with E-state index in [9.17, 15) is 9.59 Å². The maximum Gasteiger partial charge on any atom is 0.245 e. The van der Waals surface area contributed by atoms with Gasteiger partial charge in [-0.2, -0.15) is 5.10 Å². The summed E-state index contributed by atoms with van der Waals surface area (Å²) in [5.74, 6) is 0.466. The summed E-state index contributed by atoms with van der Waals surface area (Å²) in [6.07, 6.45) is 1.66. The summed E-state index contributed by atoms with van der Waals surface area (Å²) in [6.45, 7) is 4.37. The van der Waals surface area contributed by atoms with Gasteiger partial charge in [-0.25, -0.2) is 5.43 Å². The summed E-state index contributed by atoms with van der Waals surface area (Å²) in [4.78, 5) is 26.6. The predicted molar refractivity (Wildman–Crippen MR) is 112 cm³/mol. The largest absolute Gasteiger partial charge is 0.497 e.